The fourth-order valence-corrected chi connectivity index (χ4v) is 1.96. The molecular formula is C17H19NO3. The Morgan fingerprint density at radius 2 is 1.76 bits per heavy atom. The van der Waals surface area contributed by atoms with Crippen LogP contribution in [0.25, 0.3) is 0 Å². The van der Waals surface area contributed by atoms with Crippen molar-refractivity contribution < 1.29 is 14.6 Å². The maximum absolute atomic E-state index is 10.7. The quantitative estimate of drug-likeness (QED) is 0.847. The fraction of sp³-hybridized carbons (Fsp3) is 0.294. The molecule has 0 amide bonds. The van der Waals surface area contributed by atoms with Crippen LogP contribution in [0.4, 0.5) is 0 Å². The maximum Gasteiger partial charge on any atom is 0.354 e. The molecule has 0 saturated carbocycles. The lowest BCUT2D eigenvalue weighted by atomic mass is 10.1. The Kier molecular flexibility index (Phi) is 5.32. The molecular weight excluding hydrogens is 266 g/mol. The van der Waals surface area contributed by atoms with E-state index in [4.69, 9.17) is 9.84 Å². The molecule has 0 radical (unpaired) electrons. The van der Waals surface area contributed by atoms with Gasteiger partial charge in [-0.05, 0) is 48.6 Å². The van der Waals surface area contributed by atoms with E-state index < -0.39 is 5.97 Å². The van der Waals surface area contributed by atoms with Gasteiger partial charge in [-0.15, -0.1) is 0 Å². The van der Waals surface area contributed by atoms with Gasteiger partial charge in [0.1, 0.15) is 11.4 Å². The van der Waals surface area contributed by atoms with Crippen LogP contribution in [0.15, 0.2) is 42.6 Å². The zero-order chi connectivity index (χ0) is 15.1. The normalized spacial score (nSPS) is 10.3. The summed E-state index contributed by atoms with van der Waals surface area (Å²) in [6.07, 6.45) is 4.35. The Balaban J connectivity index is 1.88. The molecule has 1 aromatic carbocycles. The van der Waals surface area contributed by atoms with E-state index in [0.29, 0.717) is 0 Å². The number of aromatic carboxylic acids is 1. The molecule has 110 valence electrons. The first-order valence-corrected chi connectivity index (χ1v) is 7.09. The van der Waals surface area contributed by atoms with Crippen molar-refractivity contribution >= 4 is 5.97 Å². The molecule has 0 spiro atoms. The zero-order valence-electron chi connectivity index (χ0n) is 12.1. The van der Waals surface area contributed by atoms with Gasteiger partial charge in [0.15, 0.2) is 0 Å². The van der Waals surface area contributed by atoms with E-state index in [0.717, 1.165) is 37.2 Å². The topological polar surface area (TPSA) is 59.4 Å². The van der Waals surface area contributed by atoms with Gasteiger partial charge in [-0.25, -0.2) is 9.78 Å². The van der Waals surface area contributed by atoms with E-state index >= 15 is 0 Å². The molecule has 0 aliphatic heterocycles. The summed E-state index contributed by atoms with van der Waals surface area (Å²) in [5.41, 5.74) is 2.34. The summed E-state index contributed by atoms with van der Waals surface area (Å²) in [7, 11) is 0. The molecule has 4 nitrogen and oxygen atoms in total. The third-order valence-corrected chi connectivity index (χ3v) is 3.14. The molecule has 0 saturated heterocycles. The molecule has 0 bridgehead atoms. The largest absolute Gasteiger partial charge is 0.494 e. The van der Waals surface area contributed by atoms with Crippen LogP contribution in [-0.2, 0) is 12.8 Å². The number of ether oxygens (including phenoxy) is 1. The van der Waals surface area contributed by atoms with Crippen LogP contribution < -0.4 is 4.74 Å². The highest BCUT2D eigenvalue weighted by Crippen LogP contribution is 2.14. The van der Waals surface area contributed by atoms with Crippen LogP contribution in [0.3, 0.4) is 0 Å². The van der Waals surface area contributed by atoms with Crippen LogP contribution in [0.5, 0.6) is 5.75 Å². The van der Waals surface area contributed by atoms with Crippen LogP contribution in [-0.4, -0.2) is 22.7 Å². The highest BCUT2D eigenvalue weighted by molar-refractivity contribution is 5.85. The molecule has 0 aliphatic rings. The summed E-state index contributed by atoms with van der Waals surface area (Å²) in [4.78, 5) is 14.6. The molecule has 0 unspecified atom stereocenters. The second kappa shape index (κ2) is 7.43. The minimum absolute atomic E-state index is 0.0798. The van der Waals surface area contributed by atoms with E-state index in [-0.39, 0.29) is 5.69 Å². The zero-order valence-corrected chi connectivity index (χ0v) is 12.1. The Labute approximate surface area is 124 Å². The number of pyridine rings is 1. The van der Waals surface area contributed by atoms with Crippen molar-refractivity contribution in [3.8, 4) is 5.75 Å². The molecule has 0 aliphatic carbocycles. The number of nitrogens with zero attached hydrogens (tertiary/aromatic N) is 1. The number of benzene rings is 1. The van der Waals surface area contributed by atoms with E-state index in [1.807, 2.05) is 18.2 Å². The number of carboxylic acid groups (broad SMARTS) is 1. The Bertz CT molecular complexity index is 576. The maximum atomic E-state index is 10.7. The van der Waals surface area contributed by atoms with Gasteiger partial charge in [0.05, 0.1) is 6.61 Å². The van der Waals surface area contributed by atoms with Crippen LogP contribution in [0.2, 0.25) is 0 Å². The van der Waals surface area contributed by atoms with Gasteiger partial charge in [-0.2, -0.15) is 0 Å². The van der Waals surface area contributed by atoms with Crippen LogP contribution in [0, 0.1) is 0 Å². The first-order valence-electron chi connectivity index (χ1n) is 7.09. The number of carboxylic acids is 1. The molecule has 2 rings (SSSR count). The molecule has 1 heterocycles. The van der Waals surface area contributed by atoms with E-state index in [2.05, 4.69) is 24.0 Å². The second-order valence-electron chi connectivity index (χ2n) is 4.85. The minimum Gasteiger partial charge on any atom is -0.494 e. The lowest BCUT2D eigenvalue weighted by Crippen LogP contribution is -2.01. The van der Waals surface area contributed by atoms with Gasteiger partial charge in [0, 0.05) is 6.20 Å². The highest BCUT2D eigenvalue weighted by atomic mass is 16.5. The second-order valence-corrected chi connectivity index (χ2v) is 4.85. The lowest BCUT2D eigenvalue weighted by Gasteiger charge is -2.06. The number of hydrogen-bond donors (Lipinski definition) is 1. The number of rotatable bonds is 7. The van der Waals surface area contributed by atoms with Crippen LogP contribution >= 0.6 is 0 Å². The molecule has 21 heavy (non-hydrogen) atoms. The highest BCUT2D eigenvalue weighted by Gasteiger charge is 2.04. The van der Waals surface area contributed by atoms with E-state index in [1.54, 1.807) is 12.3 Å². The molecule has 4 heteroatoms. The standard InChI is InChI=1S/C17H19NO3/c1-2-11-21-15-8-5-13(6-9-15)3-4-14-7-10-16(17(19)20)18-12-14/h5-10,12H,2-4,11H2,1H3,(H,19,20). The predicted molar refractivity (Wildman–Crippen MR) is 80.8 cm³/mol. The molecule has 2 aromatic rings. The monoisotopic (exact) mass is 285 g/mol. The van der Waals surface area contributed by atoms with Crippen molar-refractivity contribution in [2.45, 2.75) is 26.2 Å². The third-order valence-electron chi connectivity index (χ3n) is 3.14. The van der Waals surface area contributed by atoms with Crippen molar-refractivity contribution in [3.05, 3.63) is 59.4 Å². The number of hydrogen-bond acceptors (Lipinski definition) is 3. The minimum atomic E-state index is -0.996. The average molecular weight is 285 g/mol. The third kappa shape index (κ3) is 4.60. The van der Waals surface area contributed by atoms with Gasteiger partial charge in [-0.1, -0.05) is 25.1 Å². The number of aromatic nitrogens is 1. The fourth-order valence-electron chi connectivity index (χ4n) is 1.96. The average Bonchev–Trinajstić information content (AvgIpc) is 2.52. The summed E-state index contributed by atoms with van der Waals surface area (Å²) < 4.78 is 5.54. The first kappa shape index (κ1) is 15.0. The first-order chi connectivity index (χ1) is 10.2. The Morgan fingerprint density at radius 1 is 1.10 bits per heavy atom. The predicted octanol–water partition coefficient (Wildman–Crippen LogP) is 3.35. The Hall–Kier alpha value is -2.36. The van der Waals surface area contributed by atoms with Crippen LogP contribution in [0.1, 0.15) is 35.0 Å². The molecule has 1 aromatic heterocycles. The van der Waals surface area contributed by atoms with Gasteiger partial charge < -0.3 is 9.84 Å². The summed E-state index contributed by atoms with van der Waals surface area (Å²) in [6.45, 7) is 2.82. The molecule has 0 atom stereocenters. The van der Waals surface area contributed by atoms with Gasteiger partial charge in [-0.3, -0.25) is 0 Å². The summed E-state index contributed by atoms with van der Waals surface area (Å²) >= 11 is 0. The molecule has 1 N–H and O–H groups in total. The summed E-state index contributed by atoms with van der Waals surface area (Å²) in [5, 5.41) is 8.80. The number of aryl methyl sites for hydroxylation is 2. The van der Waals surface area contributed by atoms with Gasteiger partial charge in [0.25, 0.3) is 0 Å². The van der Waals surface area contributed by atoms with Gasteiger partial charge >= 0.3 is 5.97 Å². The number of carbonyl (C=O) groups is 1. The summed E-state index contributed by atoms with van der Waals surface area (Å²) in [6, 6.07) is 11.4. The molecule has 0 fully saturated rings. The lowest BCUT2D eigenvalue weighted by molar-refractivity contribution is 0.0690. The van der Waals surface area contributed by atoms with E-state index in [1.165, 1.54) is 5.56 Å². The van der Waals surface area contributed by atoms with E-state index in [9.17, 15) is 4.79 Å². The van der Waals surface area contributed by atoms with Crippen molar-refractivity contribution in [3.63, 3.8) is 0 Å². The smallest absolute Gasteiger partial charge is 0.354 e. The van der Waals surface area contributed by atoms with Crippen molar-refractivity contribution in [2.75, 3.05) is 6.61 Å². The van der Waals surface area contributed by atoms with Gasteiger partial charge in [0.2, 0.25) is 0 Å². The SMILES string of the molecule is CCCOc1ccc(CCc2ccc(C(=O)O)nc2)cc1. The van der Waals surface area contributed by atoms with Crippen molar-refractivity contribution in [1.29, 1.82) is 0 Å². The van der Waals surface area contributed by atoms with Crippen molar-refractivity contribution in [1.82, 2.24) is 4.98 Å². The Morgan fingerprint density at radius 3 is 2.33 bits per heavy atom. The van der Waals surface area contributed by atoms with Crippen molar-refractivity contribution in [2.24, 2.45) is 0 Å². The summed E-state index contributed by atoms with van der Waals surface area (Å²) in [5.74, 6) is -0.0997.